The van der Waals surface area contributed by atoms with Crippen molar-refractivity contribution in [1.29, 1.82) is 0 Å². The topological polar surface area (TPSA) is 78.9 Å². The molecule has 0 radical (unpaired) electrons. The van der Waals surface area contributed by atoms with E-state index in [0.717, 1.165) is 57.8 Å². The zero-order valence-corrected chi connectivity index (χ0v) is 36.5. The maximum absolute atomic E-state index is 12.7. The number of hydrogen-bond acceptors (Lipinski definition) is 6. The van der Waals surface area contributed by atoms with E-state index in [4.69, 9.17) is 14.2 Å². The lowest BCUT2D eigenvalue weighted by Crippen LogP contribution is -2.30. The highest BCUT2D eigenvalue weighted by Crippen LogP contribution is 2.16. The fraction of sp³-hybridized carbons (Fsp3) is 0.938. The first-order valence-corrected chi connectivity index (χ1v) is 24.0. The molecule has 0 aromatic heterocycles. The second kappa shape index (κ2) is 44.1. The van der Waals surface area contributed by atoms with Crippen LogP contribution in [0.2, 0.25) is 0 Å². The molecule has 6 heteroatoms. The van der Waals surface area contributed by atoms with Crippen LogP contribution in [0.4, 0.5) is 0 Å². The molecule has 1 atom stereocenters. The number of rotatable bonds is 44. The lowest BCUT2D eigenvalue weighted by atomic mass is 10.0. The molecule has 6 nitrogen and oxygen atoms in total. The van der Waals surface area contributed by atoms with Crippen LogP contribution in [-0.4, -0.2) is 37.2 Å². The van der Waals surface area contributed by atoms with E-state index in [1.807, 2.05) is 0 Å². The average Bonchev–Trinajstić information content (AvgIpc) is 3.17. The zero-order chi connectivity index (χ0) is 39.4. The van der Waals surface area contributed by atoms with E-state index < -0.39 is 6.10 Å². The highest BCUT2D eigenvalue weighted by atomic mass is 16.6. The molecule has 0 amide bonds. The minimum atomic E-state index is -0.758. The van der Waals surface area contributed by atoms with Crippen LogP contribution < -0.4 is 0 Å². The van der Waals surface area contributed by atoms with Gasteiger partial charge in [0, 0.05) is 19.3 Å². The van der Waals surface area contributed by atoms with Gasteiger partial charge in [-0.1, -0.05) is 233 Å². The molecule has 0 aliphatic heterocycles. The number of carbonyl (C=O) groups excluding carboxylic acids is 3. The summed E-state index contributed by atoms with van der Waals surface area (Å²) in [5, 5.41) is 0. The Kier molecular flexibility index (Phi) is 42.8. The van der Waals surface area contributed by atoms with Gasteiger partial charge in [-0.25, -0.2) is 0 Å². The van der Waals surface area contributed by atoms with Gasteiger partial charge in [-0.2, -0.15) is 0 Å². The molecule has 0 heterocycles. The van der Waals surface area contributed by atoms with E-state index in [9.17, 15) is 14.4 Å². The van der Waals surface area contributed by atoms with Gasteiger partial charge in [0.1, 0.15) is 13.2 Å². The van der Waals surface area contributed by atoms with Crippen LogP contribution >= 0.6 is 0 Å². The van der Waals surface area contributed by atoms with Crippen molar-refractivity contribution in [3.05, 3.63) is 0 Å². The van der Waals surface area contributed by atoms with Gasteiger partial charge in [-0.05, 0) is 19.3 Å². The third-order valence-electron chi connectivity index (χ3n) is 10.9. The summed E-state index contributed by atoms with van der Waals surface area (Å²) in [6.07, 6.45) is 45.0. The fourth-order valence-electron chi connectivity index (χ4n) is 7.21. The van der Waals surface area contributed by atoms with E-state index in [1.165, 1.54) is 173 Å². The van der Waals surface area contributed by atoms with E-state index in [1.54, 1.807) is 0 Å². The van der Waals surface area contributed by atoms with Crippen LogP contribution in [0.1, 0.15) is 271 Å². The smallest absolute Gasteiger partial charge is 0.306 e. The number of hydrogen-bond donors (Lipinski definition) is 0. The Morgan fingerprint density at radius 1 is 0.296 bits per heavy atom. The Hall–Kier alpha value is -1.59. The van der Waals surface area contributed by atoms with Crippen LogP contribution in [-0.2, 0) is 28.6 Å². The van der Waals surface area contributed by atoms with E-state index >= 15 is 0 Å². The molecule has 0 rings (SSSR count). The molecule has 0 unspecified atom stereocenters. The van der Waals surface area contributed by atoms with Gasteiger partial charge in [-0.15, -0.1) is 0 Å². The summed E-state index contributed by atoms with van der Waals surface area (Å²) in [5.41, 5.74) is 0. The predicted molar refractivity (Wildman–Crippen MR) is 229 cm³/mol. The van der Waals surface area contributed by atoms with Gasteiger partial charge in [0.05, 0.1) is 0 Å². The van der Waals surface area contributed by atoms with E-state index in [0.29, 0.717) is 19.3 Å². The highest BCUT2D eigenvalue weighted by Gasteiger charge is 2.19. The normalized spacial score (nSPS) is 11.8. The van der Waals surface area contributed by atoms with Crippen molar-refractivity contribution in [3.8, 4) is 0 Å². The van der Waals surface area contributed by atoms with Crippen molar-refractivity contribution in [2.24, 2.45) is 0 Å². The van der Waals surface area contributed by atoms with Gasteiger partial charge in [0.25, 0.3) is 0 Å². The molecule has 320 valence electrons. The molecule has 0 aromatic rings. The average molecular weight is 765 g/mol. The van der Waals surface area contributed by atoms with Gasteiger partial charge >= 0.3 is 17.9 Å². The van der Waals surface area contributed by atoms with Crippen LogP contribution in [0.25, 0.3) is 0 Å². The maximum atomic E-state index is 12.7. The van der Waals surface area contributed by atoms with Gasteiger partial charge < -0.3 is 14.2 Å². The Bertz CT molecular complexity index is 798. The fourth-order valence-corrected chi connectivity index (χ4v) is 7.21. The first kappa shape index (κ1) is 52.4. The standard InChI is InChI=1S/C48H92O6/c1-4-7-10-13-16-19-22-24-27-29-32-35-38-41-47(50)53-44-45(43-52-46(49)40-37-34-31-28-25-21-18-15-12-9-6-3)54-48(51)42-39-36-33-30-26-23-20-17-14-11-8-5-2/h45H,4-44H2,1-3H3/t45-/m1/s1. The monoisotopic (exact) mass is 765 g/mol. The van der Waals surface area contributed by atoms with Crippen molar-refractivity contribution < 1.29 is 28.6 Å². The molecule has 0 saturated carbocycles. The van der Waals surface area contributed by atoms with Crippen molar-refractivity contribution >= 4 is 17.9 Å². The summed E-state index contributed by atoms with van der Waals surface area (Å²) >= 11 is 0. The summed E-state index contributed by atoms with van der Waals surface area (Å²) in [7, 11) is 0. The van der Waals surface area contributed by atoms with Crippen molar-refractivity contribution in [2.75, 3.05) is 13.2 Å². The second-order valence-electron chi connectivity index (χ2n) is 16.4. The minimum absolute atomic E-state index is 0.0623. The number of ether oxygens (including phenoxy) is 3. The Labute approximate surface area is 336 Å². The van der Waals surface area contributed by atoms with Crippen molar-refractivity contribution in [1.82, 2.24) is 0 Å². The quantitative estimate of drug-likeness (QED) is 0.0349. The first-order chi connectivity index (χ1) is 26.5. The Morgan fingerprint density at radius 3 is 0.741 bits per heavy atom. The maximum Gasteiger partial charge on any atom is 0.306 e. The molecule has 0 aliphatic carbocycles. The third kappa shape index (κ3) is 41.6. The van der Waals surface area contributed by atoms with Crippen LogP contribution in [0.3, 0.4) is 0 Å². The van der Waals surface area contributed by atoms with Crippen molar-refractivity contribution in [3.63, 3.8) is 0 Å². The zero-order valence-electron chi connectivity index (χ0n) is 36.5. The number of carbonyl (C=O) groups is 3. The molecule has 0 saturated heterocycles. The Balaban J connectivity index is 4.31. The van der Waals surface area contributed by atoms with Crippen LogP contribution in [0.15, 0.2) is 0 Å². The summed E-state index contributed by atoms with van der Waals surface area (Å²) in [6.45, 7) is 6.65. The Morgan fingerprint density at radius 2 is 0.500 bits per heavy atom. The molecular weight excluding hydrogens is 673 g/mol. The van der Waals surface area contributed by atoms with Gasteiger partial charge in [-0.3, -0.25) is 14.4 Å². The summed E-state index contributed by atoms with van der Waals surface area (Å²) in [4.78, 5) is 37.8. The number of unbranched alkanes of at least 4 members (excludes halogenated alkanes) is 33. The van der Waals surface area contributed by atoms with Gasteiger partial charge in [0.2, 0.25) is 0 Å². The number of esters is 3. The first-order valence-electron chi connectivity index (χ1n) is 24.0. The second-order valence-corrected chi connectivity index (χ2v) is 16.4. The highest BCUT2D eigenvalue weighted by molar-refractivity contribution is 5.71. The predicted octanol–water partition coefficient (Wildman–Crippen LogP) is 15.3. The molecular formula is C48H92O6. The SMILES string of the molecule is CCCCCCCCCCCCCCCC(=O)OC[C@@H](COC(=O)CCCCCCCCCCCCC)OC(=O)CCCCCCCCCCCCCC. The van der Waals surface area contributed by atoms with E-state index in [2.05, 4.69) is 20.8 Å². The van der Waals surface area contributed by atoms with Crippen LogP contribution in [0.5, 0.6) is 0 Å². The molecule has 0 aromatic carbocycles. The lowest BCUT2D eigenvalue weighted by Gasteiger charge is -2.18. The van der Waals surface area contributed by atoms with Gasteiger partial charge in [0.15, 0.2) is 6.10 Å². The molecule has 0 spiro atoms. The van der Waals surface area contributed by atoms with E-state index in [-0.39, 0.29) is 31.1 Å². The molecule has 0 bridgehead atoms. The largest absolute Gasteiger partial charge is 0.462 e. The minimum Gasteiger partial charge on any atom is -0.462 e. The summed E-state index contributed by atoms with van der Waals surface area (Å²) in [5.74, 6) is -0.848. The summed E-state index contributed by atoms with van der Waals surface area (Å²) < 4.78 is 16.7. The van der Waals surface area contributed by atoms with Crippen molar-refractivity contribution in [2.45, 2.75) is 277 Å². The molecule has 0 N–H and O–H groups in total. The van der Waals surface area contributed by atoms with Crippen LogP contribution in [0, 0.1) is 0 Å². The summed E-state index contributed by atoms with van der Waals surface area (Å²) in [6, 6.07) is 0. The molecule has 54 heavy (non-hydrogen) atoms. The third-order valence-corrected chi connectivity index (χ3v) is 10.9. The molecule has 0 aliphatic rings. The molecule has 0 fully saturated rings. The lowest BCUT2D eigenvalue weighted by molar-refractivity contribution is -0.167.